The molecule has 2 amide bonds. The van der Waals surface area contributed by atoms with Gasteiger partial charge in [0.2, 0.25) is 0 Å². The van der Waals surface area contributed by atoms with Crippen LogP contribution in [0.1, 0.15) is 33.7 Å². The third-order valence-electron chi connectivity index (χ3n) is 3.98. The summed E-state index contributed by atoms with van der Waals surface area (Å²) in [5, 5.41) is 8.09. The molecule has 0 radical (unpaired) electrons. The largest absolute Gasteiger partial charge is 0.349 e. The quantitative estimate of drug-likeness (QED) is 0.727. The summed E-state index contributed by atoms with van der Waals surface area (Å²) in [5.41, 5.74) is 2.62. The molecule has 7 heteroatoms. The number of benzene rings is 1. The lowest BCUT2D eigenvalue weighted by atomic mass is 10.1. The average Bonchev–Trinajstić information content (AvgIpc) is 3.37. The van der Waals surface area contributed by atoms with Gasteiger partial charge >= 0.3 is 0 Å². The molecule has 1 fully saturated rings. The van der Waals surface area contributed by atoms with Crippen molar-refractivity contribution >= 4 is 28.3 Å². The van der Waals surface area contributed by atoms with Gasteiger partial charge in [-0.2, -0.15) is 0 Å². The smallest absolute Gasteiger partial charge is 0.276 e. The summed E-state index contributed by atoms with van der Waals surface area (Å²) in [7, 11) is 0. The number of pyridine rings is 1. The van der Waals surface area contributed by atoms with E-state index in [4.69, 9.17) is 0 Å². The highest BCUT2D eigenvalue weighted by molar-refractivity contribution is 7.14. The maximum absolute atomic E-state index is 12.1. The van der Waals surface area contributed by atoms with Gasteiger partial charge in [-0.05, 0) is 37.1 Å². The second kappa shape index (κ2) is 7.05. The molecule has 0 aliphatic heterocycles. The third kappa shape index (κ3) is 3.78. The first-order chi connectivity index (χ1) is 12.7. The van der Waals surface area contributed by atoms with Crippen LogP contribution in [0.2, 0.25) is 0 Å². The van der Waals surface area contributed by atoms with Crippen molar-refractivity contribution in [3.8, 4) is 11.3 Å². The van der Waals surface area contributed by atoms with E-state index >= 15 is 0 Å². The molecule has 1 aliphatic carbocycles. The molecular formula is C19H16N4O2S. The van der Waals surface area contributed by atoms with Crippen molar-refractivity contribution in [2.24, 2.45) is 0 Å². The van der Waals surface area contributed by atoms with Crippen molar-refractivity contribution in [2.45, 2.75) is 18.9 Å². The summed E-state index contributed by atoms with van der Waals surface area (Å²) in [5.74, 6) is -0.334. The fraction of sp³-hybridized carbons (Fsp3) is 0.158. The monoisotopic (exact) mass is 364 g/mol. The minimum absolute atomic E-state index is 0.0411. The number of hydrogen-bond donors (Lipinski definition) is 2. The first kappa shape index (κ1) is 16.4. The van der Waals surface area contributed by atoms with E-state index in [1.807, 2.05) is 17.5 Å². The highest BCUT2D eigenvalue weighted by Gasteiger charge is 2.23. The van der Waals surface area contributed by atoms with Crippen molar-refractivity contribution in [1.82, 2.24) is 15.3 Å². The van der Waals surface area contributed by atoms with Crippen LogP contribution in [0.3, 0.4) is 0 Å². The zero-order valence-corrected chi connectivity index (χ0v) is 14.6. The van der Waals surface area contributed by atoms with Gasteiger partial charge in [0.1, 0.15) is 5.69 Å². The maximum Gasteiger partial charge on any atom is 0.276 e. The van der Waals surface area contributed by atoms with E-state index in [9.17, 15) is 9.59 Å². The number of aromatic nitrogens is 2. The van der Waals surface area contributed by atoms with Crippen molar-refractivity contribution < 1.29 is 9.59 Å². The van der Waals surface area contributed by atoms with Crippen LogP contribution >= 0.6 is 11.3 Å². The zero-order valence-electron chi connectivity index (χ0n) is 13.8. The van der Waals surface area contributed by atoms with Gasteiger partial charge in [-0.3, -0.25) is 19.9 Å². The SMILES string of the molecule is O=C(NC1CC1)c1ccc(-c2csc(NC(=O)c3ccccn3)n2)cc1. The van der Waals surface area contributed by atoms with Crippen molar-refractivity contribution in [3.63, 3.8) is 0 Å². The number of amides is 2. The van der Waals surface area contributed by atoms with E-state index in [1.54, 1.807) is 36.5 Å². The highest BCUT2D eigenvalue weighted by Crippen LogP contribution is 2.26. The Kier molecular flexibility index (Phi) is 4.45. The first-order valence-corrected chi connectivity index (χ1v) is 9.16. The number of thiazole rings is 1. The summed E-state index contributed by atoms with van der Waals surface area (Å²) in [6.07, 6.45) is 3.70. The molecular weight excluding hydrogens is 348 g/mol. The average molecular weight is 364 g/mol. The van der Waals surface area contributed by atoms with E-state index < -0.39 is 0 Å². The summed E-state index contributed by atoms with van der Waals surface area (Å²) >= 11 is 1.34. The van der Waals surface area contributed by atoms with Crippen LogP contribution in [0.5, 0.6) is 0 Å². The number of rotatable bonds is 5. The van der Waals surface area contributed by atoms with Gasteiger partial charge in [-0.25, -0.2) is 4.98 Å². The van der Waals surface area contributed by atoms with E-state index in [2.05, 4.69) is 20.6 Å². The summed E-state index contributed by atoms with van der Waals surface area (Å²) in [6.45, 7) is 0. The molecule has 2 aromatic heterocycles. The fourth-order valence-electron chi connectivity index (χ4n) is 2.41. The molecule has 0 bridgehead atoms. The van der Waals surface area contributed by atoms with Gasteiger partial charge in [0.05, 0.1) is 5.69 Å². The second-order valence-corrected chi connectivity index (χ2v) is 6.89. The molecule has 4 rings (SSSR count). The van der Waals surface area contributed by atoms with E-state index in [0.717, 1.165) is 24.1 Å². The normalized spacial score (nSPS) is 13.2. The molecule has 0 spiro atoms. The van der Waals surface area contributed by atoms with Gasteiger partial charge in [-0.1, -0.05) is 18.2 Å². The lowest BCUT2D eigenvalue weighted by molar-refractivity contribution is 0.0950. The minimum atomic E-state index is -0.293. The van der Waals surface area contributed by atoms with Crippen LogP contribution in [0.4, 0.5) is 5.13 Å². The number of carbonyl (C=O) groups excluding carboxylic acids is 2. The Morgan fingerprint density at radius 2 is 1.85 bits per heavy atom. The number of carbonyl (C=O) groups is 2. The van der Waals surface area contributed by atoms with Crippen molar-refractivity contribution in [1.29, 1.82) is 0 Å². The predicted octanol–water partition coefficient (Wildman–Crippen LogP) is 3.35. The van der Waals surface area contributed by atoms with Crippen LogP contribution in [0, 0.1) is 0 Å². The molecule has 1 aliphatic rings. The molecule has 3 aromatic rings. The first-order valence-electron chi connectivity index (χ1n) is 8.28. The van der Waals surface area contributed by atoms with Crippen LogP contribution in [-0.4, -0.2) is 27.8 Å². The summed E-state index contributed by atoms with van der Waals surface area (Å²) in [6, 6.07) is 12.8. The number of anilines is 1. The maximum atomic E-state index is 12.1. The van der Waals surface area contributed by atoms with E-state index in [-0.39, 0.29) is 11.8 Å². The molecule has 2 N–H and O–H groups in total. The number of nitrogens with one attached hydrogen (secondary N) is 2. The third-order valence-corrected chi connectivity index (χ3v) is 4.74. The lowest BCUT2D eigenvalue weighted by Crippen LogP contribution is -2.25. The molecule has 2 heterocycles. The Morgan fingerprint density at radius 3 is 2.54 bits per heavy atom. The van der Waals surface area contributed by atoms with Crippen LogP contribution in [0.25, 0.3) is 11.3 Å². The van der Waals surface area contributed by atoms with Crippen LogP contribution in [-0.2, 0) is 0 Å². The second-order valence-electron chi connectivity index (χ2n) is 6.03. The number of hydrogen-bond acceptors (Lipinski definition) is 5. The summed E-state index contributed by atoms with van der Waals surface area (Å²) in [4.78, 5) is 32.6. The molecule has 130 valence electrons. The molecule has 1 saturated carbocycles. The van der Waals surface area contributed by atoms with Crippen molar-refractivity contribution in [3.05, 3.63) is 65.3 Å². The van der Waals surface area contributed by atoms with Gasteiger partial charge in [0, 0.05) is 28.7 Å². The standard InChI is InChI=1S/C19H16N4O2S/c24-17(21-14-8-9-14)13-6-4-12(5-7-13)16-11-26-19(22-16)23-18(25)15-3-1-2-10-20-15/h1-7,10-11,14H,8-9H2,(H,21,24)(H,22,23,25). The minimum Gasteiger partial charge on any atom is -0.349 e. The molecule has 0 unspecified atom stereocenters. The van der Waals surface area contributed by atoms with Crippen LogP contribution in [0.15, 0.2) is 54.0 Å². The lowest BCUT2D eigenvalue weighted by Gasteiger charge is -2.04. The predicted molar refractivity (Wildman–Crippen MR) is 100 cm³/mol. The fourth-order valence-corrected chi connectivity index (χ4v) is 3.13. The van der Waals surface area contributed by atoms with E-state index in [0.29, 0.717) is 22.4 Å². The Hall–Kier alpha value is -3.06. The Morgan fingerprint density at radius 1 is 1.04 bits per heavy atom. The van der Waals surface area contributed by atoms with Gasteiger partial charge in [0.25, 0.3) is 11.8 Å². The Labute approximate surface area is 154 Å². The highest BCUT2D eigenvalue weighted by atomic mass is 32.1. The Bertz CT molecular complexity index is 934. The van der Waals surface area contributed by atoms with Crippen molar-refractivity contribution in [2.75, 3.05) is 5.32 Å². The van der Waals surface area contributed by atoms with Gasteiger partial charge in [0.15, 0.2) is 5.13 Å². The summed E-state index contributed by atoms with van der Waals surface area (Å²) < 4.78 is 0. The van der Waals surface area contributed by atoms with Gasteiger partial charge in [-0.15, -0.1) is 11.3 Å². The van der Waals surface area contributed by atoms with Gasteiger partial charge < -0.3 is 5.32 Å². The zero-order chi connectivity index (χ0) is 17.9. The number of nitrogens with zero attached hydrogens (tertiary/aromatic N) is 2. The Balaban J connectivity index is 1.44. The topological polar surface area (TPSA) is 84.0 Å². The molecule has 6 nitrogen and oxygen atoms in total. The molecule has 1 aromatic carbocycles. The van der Waals surface area contributed by atoms with E-state index in [1.165, 1.54) is 11.3 Å². The molecule has 0 saturated heterocycles. The van der Waals surface area contributed by atoms with Crippen LogP contribution < -0.4 is 10.6 Å². The molecule has 26 heavy (non-hydrogen) atoms. The molecule has 0 atom stereocenters.